The lowest BCUT2D eigenvalue weighted by molar-refractivity contribution is 0.0200. The maximum atomic E-state index is 12.0. The van der Waals surface area contributed by atoms with Gasteiger partial charge < -0.3 is 9.84 Å². The van der Waals surface area contributed by atoms with Crippen LogP contribution in [0.5, 0.6) is 0 Å². The molecule has 0 aliphatic carbocycles. The highest BCUT2D eigenvalue weighted by atomic mass is 32.2. The minimum absolute atomic E-state index is 0.0236. The van der Waals surface area contributed by atoms with Crippen molar-refractivity contribution in [3.8, 4) is 0 Å². The van der Waals surface area contributed by atoms with E-state index in [1.54, 1.807) is 0 Å². The maximum Gasteiger partial charge on any atom is 0.241 e. The highest BCUT2D eigenvalue weighted by Crippen LogP contribution is 2.19. The quantitative estimate of drug-likeness (QED) is 0.851. The molecule has 7 heteroatoms. The Labute approximate surface area is 111 Å². The highest BCUT2D eigenvalue weighted by molar-refractivity contribution is 7.89. The minimum atomic E-state index is -3.48. The second kappa shape index (κ2) is 6.12. The zero-order chi connectivity index (χ0) is 13.0. The van der Waals surface area contributed by atoms with Gasteiger partial charge in [-0.15, -0.1) is 11.3 Å². The van der Waals surface area contributed by atoms with Gasteiger partial charge >= 0.3 is 0 Å². The van der Waals surface area contributed by atoms with Crippen LogP contribution in [0.3, 0.4) is 0 Å². The number of nitrogens with one attached hydrogen (secondary N) is 1. The zero-order valence-corrected chi connectivity index (χ0v) is 11.6. The summed E-state index contributed by atoms with van der Waals surface area (Å²) in [6, 6.07) is 1.49. The van der Waals surface area contributed by atoms with Gasteiger partial charge in [0.1, 0.15) is 0 Å². The molecule has 102 valence electrons. The lowest BCUT2D eigenvalue weighted by Gasteiger charge is -2.22. The predicted octanol–water partition coefficient (Wildman–Crippen LogP) is 1.09. The molecule has 0 saturated carbocycles. The molecule has 0 bridgehead atoms. The van der Waals surface area contributed by atoms with E-state index >= 15 is 0 Å². The van der Waals surface area contributed by atoms with Crippen LogP contribution in [-0.4, -0.2) is 32.8 Å². The Morgan fingerprint density at radius 1 is 1.50 bits per heavy atom. The molecule has 0 spiro atoms. The summed E-state index contributed by atoms with van der Waals surface area (Å²) < 4.78 is 32.0. The van der Waals surface area contributed by atoms with Crippen LogP contribution in [0.2, 0.25) is 0 Å². The Morgan fingerprint density at radius 2 is 2.33 bits per heavy atom. The summed E-state index contributed by atoms with van der Waals surface area (Å²) >= 11 is 1.24. The van der Waals surface area contributed by atoms with Crippen molar-refractivity contribution in [2.24, 2.45) is 0 Å². The number of sulfonamides is 1. The van der Waals surface area contributed by atoms with Gasteiger partial charge in [-0.1, -0.05) is 0 Å². The molecular weight excluding hydrogens is 274 g/mol. The molecule has 1 unspecified atom stereocenters. The van der Waals surface area contributed by atoms with Crippen molar-refractivity contribution >= 4 is 21.4 Å². The number of ether oxygens (including phenoxy) is 1. The molecule has 2 heterocycles. The first-order valence-electron chi connectivity index (χ1n) is 5.91. The summed E-state index contributed by atoms with van der Waals surface area (Å²) in [6.07, 6.45) is 3.01. The molecule has 1 aromatic heterocycles. The van der Waals surface area contributed by atoms with Gasteiger partial charge in [-0.2, -0.15) is 0 Å². The third-order valence-electron chi connectivity index (χ3n) is 2.87. The van der Waals surface area contributed by atoms with E-state index in [1.165, 1.54) is 22.8 Å². The van der Waals surface area contributed by atoms with E-state index in [9.17, 15) is 8.42 Å². The van der Waals surface area contributed by atoms with Gasteiger partial charge in [0.2, 0.25) is 10.0 Å². The van der Waals surface area contributed by atoms with E-state index in [0.717, 1.165) is 19.3 Å². The van der Waals surface area contributed by atoms with Gasteiger partial charge in [-0.05, 0) is 25.3 Å². The van der Waals surface area contributed by atoms with E-state index < -0.39 is 10.0 Å². The fourth-order valence-electron chi connectivity index (χ4n) is 1.84. The number of aliphatic hydroxyl groups excluding tert-OH is 1. The Balaban J connectivity index is 1.94. The van der Waals surface area contributed by atoms with Crippen LogP contribution in [0.1, 0.15) is 24.1 Å². The molecule has 1 aliphatic rings. The molecule has 1 atom stereocenters. The van der Waals surface area contributed by atoms with E-state index in [4.69, 9.17) is 9.84 Å². The second-order valence-electron chi connectivity index (χ2n) is 4.25. The summed E-state index contributed by atoms with van der Waals surface area (Å²) in [6.45, 7) is 0.887. The van der Waals surface area contributed by atoms with Gasteiger partial charge in [0.05, 0.1) is 17.6 Å². The Morgan fingerprint density at radius 3 is 2.94 bits per heavy atom. The smallest absolute Gasteiger partial charge is 0.241 e. The standard InChI is InChI=1S/C11H17NO4S2/c13-7-10-5-11(8-17-10)18(14,15)12-6-9-3-1-2-4-16-9/h5,8-9,12-13H,1-4,6-7H2. The fourth-order valence-corrected chi connectivity index (χ4v) is 4.04. The van der Waals surface area contributed by atoms with Crippen LogP contribution in [0.15, 0.2) is 16.3 Å². The number of hydrogen-bond donors (Lipinski definition) is 2. The topological polar surface area (TPSA) is 75.6 Å². The summed E-state index contributed by atoms with van der Waals surface area (Å²) in [5.74, 6) is 0. The first-order chi connectivity index (χ1) is 8.62. The molecule has 1 aliphatic heterocycles. The molecule has 2 N–H and O–H groups in total. The van der Waals surface area contributed by atoms with Crippen molar-refractivity contribution < 1.29 is 18.3 Å². The molecule has 0 aromatic carbocycles. The average molecular weight is 291 g/mol. The van der Waals surface area contributed by atoms with Crippen molar-refractivity contribution in [3.63, 3.8) is 0 Å². The van der Waals surface area contributed by atoms with Gasteiger partial charge in [-0.25, -0.2) is 13.1 Å². The lowest BCUT2D eigenvalue weighted by atomic mass is 10.1. The number of rotatable bonds is 5. The van der Waals surface area contributed by atoms with Gasteiger partial charge in [-0.3, -0.25) is 0 Å². The Kier molecular flexibility index (Phi) is 4.74. The van der Waals surface area contributed by atoms with E-state index in [2.05, 4.69) is 4.72 Å². The maximum absolute atomic E-state index is 12.0. The fraction of sp³-hybridized carbons (Fsp3) is 0.636. The number of aliphatic hydroxyl groups is 1. The molecule has 1 aromatic rings. The van der Waals surface area contributed by atoms with Crippen molar-refractivity contribution in [1.29, 1.82) is 0 Å². The Bertz CT molecular complexity index is 477. The molecule has 0 amide bonds. The number of thiophene rings is 1. The predicted molar refractivity (Wildman–Crippen MR) is 69.0 cm³/mol. The van der Waals surface area contributed by atoms with Crippen LogP contribution in [0, 0.1) is 0 Å². The molecule has 2 rings (SSSR count). The third kappa shape index (κ3) is 3.52. The van der Waals surface area contributed by atoms with Gasteiger partial charge in [0, 0.05) is 23.4 Å². The summed E-state index contributed by atoms with van der Waals surface area (Å²) in [5, 5.41) is 10.5. The van der Waals surface area contributed by atoms with Crippen molar-refractivity contribution in [2.45, 2.75) is 36.9 Å². The molecule has 5 nitrogen and oxygen atoms in total. The van der Waals surface area contributed by atoms with Crippen LogP contribution < -0.4 is 4.72 Å². The largest absolute Gasteiger partial charge is 0.391 e. The second-order valence-corrected chi connectivity index (χ2v) is 7.01. The third-order valence-corrected chi connectivity index (χ3v) is 5.34. The highest BCUT2D eigenvalue weighted by Gasteiger charge is 2.20. The van der Waals surface area contributed by atoms with Crippen LogP contribution in [0.25, 0.3) is 0 Å². The molecule has 1 fully saturated rings. The Hall–Kier alpha value is -0.470. The first kappa shape index (κ1) is 14.0. The summed E-state index contributed by atoms with van der Waals surface area (Å²) in [5.41, 5.74) is 0. The molecule has 1 saturated heterocycles. The average Bonchev–Trinajstić information content (AvgIpc) is 2.87. The van der Waals surface area contributed by atoms with E-state index in [-0.39, 0.29) is 17.6 Å². The van der Waals surface area contributed by atoms with Gasteiger partial charge in [0.25, 0.3) is 0 Å². The van der Waals surface area contributed by atoms with Crippen molar-refractivity contribution in [3.05, 3.63) is 16.3 Å². The lowest BCUT2D eigenvalue weighted by Crippen LogP contribution is -2.35. The normalized spacial score (nSPS) is 21.1. The monoisotopic (exact) mass is 291 g/mol. The minimum Gasteiger partial charge on any atom is -0.391 e. The van der Waals surface area contributed by atoms with Crippen molar-refractivity contribution in [2.75, 3.05) is 13.2 Å². The number of hydrogen-bond acceptors (Lipinski definition) is 5. The summed E-state index contributed by atoms with van der Waals surface area (Å²) in [4.78, 5) is 0.858. The molecule has 18 heavy (non-hydrogen) atoms. The van der Waals surface area contributed by atoms with E-state index in [1.807, 2.05) is 0 Å². The van der Waals surface area contributed by atoms with Crippen LogP contribution in [0.4, 0.5) is 0 Å². The molecule has 0 radical (unpaired) electrons. The molecular formula is C11H17NO4S2. The SMILES string of the molecule is O=S(=O)(NCC1CCCCO1)c1csc(CO)c1. The van der Waals surface area contributed by atoms with Crippen LogP contribution in [-0.2, 0) is 21.4 Å². The van der Waals surface area contributed by atoms with Crippen molar-refractivity contribution in [1.82, 2.24) is 4.72 Å². The van der Waals surface area contributed by atoms with Crippen LogP contribution >= 0.6 is 11.3 Å². The summed E-state index contributed by atoms with van der Waals surface area (Å²) in [7, 11) is -3.48. The zero-order valence-electron chi connectivity index (χ0n) is 9.96. The van der Waals surface area contributed by atoms with E-state index in [0.29, 0.717) is 18.0 Å². The van der Waals surface area contributed by atoms with Gasteiger partial charge in [0.15, 0.2) is 0 Å². The first-order valence-corrected chi connectivity index (χ1v) is 8.27.